The number of aryl methyl sites for hydroxylation is 1. The highest BCUT2D eigenvalue weighted by Crippen LogP contribution is 2.24. The number of piperidine rings is 1. The predicted octanol–water partition coefficient (Wildman–Crippen LogP) is 3.25. The number of carbonyl (C=O) groups excluding carboxylic acids is 1. The van der Waals surface area contributed by atoms with Crippen LogP contribution in [0.5, 0.6) is 0 Å². The molecule has 0 radical (unpaired) electrons. The molecule has 26 heavy (non-hydrogen) atoms. The molecule has 0 spiro atoms. The molecule has 0 aromatic carbocycles. The number of furan rings is 1. The summed E-state index contributed by atoms with van der Waals surface area (Å²) in [5.74, 6) is 2.65. The number of hydrogen-bond donors (Lipinski definition) is 0. The smallest absolute Gasteiger partial charge is 0.276 e. The maximum absolute atomic E-state index is 12.7. The summed E-state index contributed by atoms with van der Waals surface area (Å²) < 4.78 is 12.7. The van der Waals surface area contributed by atoms with E-state index in [1.165, 1.54) is 0 Å². The van der Waals surface area contributed by atoms with E-state index in [1.54, 1.807) is 24.5 Å². The number of likely N-dealkylation sites (tertiary alicyclic amines) is 1. The van der Waals surface area contributed by atoms with Crippen molar-refractivity contribution in [2.75, 3.05) is 13.1 Å². The van der Waals surface area contributed by atoms with Crippen LogP contribution in [-0.4, -0.2) is 38.6 Å². The Hall–Kier alpha value is -2.83. The molecule has 1 fully saturated rings. The summed E-state index contributed by atoms with van der Waals surface area (Å²) in [5.41, 5.74) is 0.331. The molecule has 136 valence electrons. The van der Waals surface area contributed by atoms with Gasteiger partial charge in [0.15, 0.2) is 11.5 Å². The van der Waals surface area contributed by atoms with Gasteiger partial charge in [0.2, 0.25) is 5.76 Å². The highest BCUT2D eigenvalue weighted by atomic mass is 16.5. The number of amides is 1. The minimum absolute atomic E-state index is 0.0816. The summed E-state index contributed by atoms with van der Waals surface area (Å²) in [7, 11) is 0. The third-order valence-corrected chi connectivity index (χ3v) is 4.97. The second-order valence-corrected chi connectivity index (χ2v) is 6.64. The second kappa shape index (κ2) is 7.19. The van der Waals surface area contributed by atoms with Crippen LogP contribution in [0, 0.1) is 5.92 Å². The summed E-state index contributed by atoms with van der Waals surface area (Å²) in [6.45, 7) is 4.57. The maximum Gasteiger partial charge on any atom is 0.276 e. The highest BCUT2D eigenvalue weighted by molar-refractivity contribution is 5.93. The molecule has 3 aromatic heterocycles. The van der Waals surface area contributed by atoms with Gasteiger partial charge in [0.25, 0.3) is 5.91 Å². The third kappa shape index (κ3) is 3.29. The minimum atomic E-state index is -0.0816. The molecule has 1 aliphatic rings. The van der Waals surface area contributed by atoms with Crippen LogP contribution in [0.3, 0.4) is 0 Å². The maximum atomic E-state index is 12.7. The number of carbonyl (C=O) groups is 1. The summed E-state index contributed by atoms with van der Waals surface area (Å²) in [6, 6.07) is 5.20. The van der Waals surface area contributed by atoms with Crippen LogP contribution in [0.2, 0.25) is 0 Å². The van der Waals surface area contributed by atoms with Crippen LogP contribution in [0.1, 0.15) is 36.1 Å². The van der Waals surface area contributed by atoms with Crippen molar-refractivity contribution in [1.29, 1.82) is 0 Å². The molecular formula is C19H22N4O3. The number of rotatable bonds is 5. The lowest BCUT2D eigenvalue weighted by Crippen LogP contribution is -2.39. The molecule has 0 atom stereocenters. The lowest BCUT2D eigenvalue weighted by atomic mass is 9.96. The van der Waals surface area contributed by atoms with Crippen molar-refractivity contribution in [2.45, 2.75) is 32.7 Å². The van der Waals surface area contributed by atoms with Crippen LogP contribution in [0.25, 0.3) is 11.5 Å². The highest BCUT2D eigenvalue weighted by Gasteiger charge is 2.26. The van der Waals surface area contributed by atoms with Crippen LogP contribution < -0.4 is 0 Å². The topological polar surface area (TPSA) is 77.3 Å². The van der Waals surface area contributed by atoms with Crippen LogP contribution in [-0.2, 0) is 13.0 Å². The molecule has 0 aliphatic carbocycles. The monoisotopic (exact) mass is 354 g/mol. The first kappa shape index (κ1) is 16.6. The van der Waals surface area contributed by atoms with Gasteiger partial charge in [0.1, 0.15) is 5.82 Å². The molecule has 4 rings (SSSR count). The first-order chi connectivity index (χ1) is 12.7. The van der Waals surface area contributed by atoms with Gasteiger partial charge >= 0.3 is 0 Å². The average molecular weight is 354 g/mol. The van der Waals surface area contributed by atoms with Gasteiger partial charge in [-0.05, 0) is 30.9 Å². The Labute approximate surface area is 151 Å². The lowest BCUT2D eigenvalue weighted by Gasteiger charge is -2.31. The molecule has 1 amide bonds. The molecule has 0 N–H and O–H groups in total. The number of hydrogen-bond acceptors (Lipinski definition) is 5. The first-order valence-electron chi connectivity index (χ1n) is 9.04. The van der Waals surface area contributed by atoms with Gasteiger partial charge in [-0.1, -0.05) is 12.1 Å². The molecule has 7 nitrogen and oxygen atoms in total. The minimum Gasteiger partial charge on any atom is -0.461 e. The van der Waals surface area contributed by atoms with Crippen LogP contribution >= 0.6 is 0 Å². The molecule has 7 heteroatoms. The molecule has 0 unspecified atom stereocenters. The Morgan fingerprint density at radius 3 is 2.88 bits per heavy atom. The zero-order valence-electron chi connectivity index (χ0n) is 14.8. The number of imidazole rings is 1. The third-order valence-electron chi connectivity index (χ3n) is 4.97. The lowest BCUT2D eigenvalue weighted by molar-refractivity contribution is 0.0672. The van der Waals surface area contributed by atoms with Gasteiger partial charge in [-0.15, -0.1) is 0 Å². The zero-order valence-corrected chi connectivity index (χ0v) is 14.8. The van der Waals surface area contributed by atoms with E-state index in [-0.39, 0.29) is 5.91 Å². The van der Waals surface area contributed by atoms with Crippen molar-refractivity contribution in [1.82, 2.24) is 19.6 Å². The fourth-order valence-electron chi connectivity index (χ4n) is 3.49. The van der Waals surface area contributed by atoms with Crippen LogP contribution in [0.4, 0.5) is 0 Å². The van der Waals surface area contributed by atoms with Gasteiger partial charge < -0.3 is 18.4 Å². The fourth-order valence-corrected chi connectivity index (χ4v) is 3.49. The molecule has 3 aromatic rings. The van der Waals surface area contributed by atoms with Gasteiger partial charge in [-0.25, -0.2) is 4.98 Å². The van der Waals surface area contributed by atoms with Crippen molar-refractivity contribution < 1.29 is 13.7 Å². The van der Waals surface area contributed by atoms with E-state index in [4.69, 9.17) is 8.94 Å². The number of aromatic nitrogens is 3. The summed E-state index contributed by atoms with van der Waals surface area (Å²) in [4.78, 5) is 18.9. The summed E-state index contributed by atoms with van der Waals surface area (Å²) in [6.07, 6.45) is 8.37. The fraction of sp³-hybridized carbons (Fsp3) is 0.421. The first-order valence-corrected chi connectivity index (χ1v) is 9.04. The van der Waals surface area contributed by atoms with Crippen LogP contribution in [0.15, 0.2) is 45.8 Å². The molecule has 1 aliphatic heterocycles. The van der Waals surface area contributed by atoms with E-state index in [0.29, 0.717) is 23.1 Å². The van der Waals surface area contributed by atoms with Crippen molar-refractivity contribution in [3.8, 4) is 11.5 Å². The molecule has 4 heterocycles. The summed E-state index contributed by atoms with van der Waals surface area (Å²) in [5, 5.41) is 3.91. The molecular weight excluding hydrogens is 332 g/mol. The van der Waals surface area contributed by atoms with Crippen molar-refractivity contribution in [3.63, 3.8) is 0 Å². The Balaban J connectivity index is 1.35. The van der Waals surface area contributed by atoms with E-state index in [1.807, 2.05) is 17.3 Å². The van der Waals surface area contributed by atoms with E-state index in [9.17, 15) is 4.79 Å². The van der Waals surface area contributed by atoms with E-state index in [0.717, 1.165) is 44.7 Å². The van der Waals surface area contributed by atoms with Crippen molar-refractivity contribution in [2.24, 2.45) is 5.92 Å². The van der Waals surface area contributed by atoms with Crippen molar-refractivity contribution in [3.05, 3.63) is 48.4 Å². The van der Waals surface area contributed by atoms with E-state index >= 15 is 0 Å². The predicted molar refractivity (Wildman–Crippen MR) is 94.4 cm³/mol. The van der Waals surface area contributed by atoms with E-state index < -0.39 is 0 Å². The van der Waals surface area contributed by atoms with Gasteiger partial charge in [0.05, 0.1) is 6.26 Å². The largest absolute Gasteiger partial charge is 0.461 e. The SMILES string of the molecule is CCc1nccn1CC1CCN(C(=O)c2cc(-c3ccco3)on2)CC1. The van der Waals surface area contributed by atoms with Crippen molar-refractivity contribution >= 4 is 5.91 Å². The van der Waals surface area contributed by atoms with E-state index in [2.05, 4.69) is 21.6 Å². The zero-order chi connectivity index (χ0) is 17.9. The van der Waals surface area contributed by atoms with Gasteiger partial charge in [-0.2, -0.15) is 0 Å². The Kier molecular flexibility index (Phi) is 4.60. The average Bonchev–Trinajstić information content (AvgIpc) is 3.42. The standard InChI is InChI=1S/C19H22N4O3/c1-2-18-20-7-10-23(18)13-14-5-8-22(9-6-14)19(24)15-12-17(26-21-15)16-4-3-11-25-16/h3-4,7,10-12,14H,2,5-6,8-9,13H2,1H3. The Morgan fingerprint density at radius 2 is 2.15 bits per heavy atom. The van der Waals surface area contributed by atoms with Gasteiger partial charge in [0, 0.05) is 44.5 Å². The second-order valence-electron chi connectivity index (χ2n) is 6.64. The quantitative estimate of drug-likeness (QED) is 0.703. The molecule has 1 saturated heterocycles. The Bertz CT molecular complexity index is 857. The van der Waals surface area contributed by atoms with Gasteiger partial charge in [-0.3, -0.25) is 4.79 Å². The number of nitrogens with zero attached hydrogens (tertiary/aromatic N) is 4. The summed E-state index contributed by atoms with van der Waals surface area (Å²) >= 11 is 0. The Morgan fingerprint density at radius 1 is 1.31 bits per heavy atom. The molecule has 0 saturated carbocycles. The molecule has 0 bridgehead atoms. The normalized spacial score (nSPS) is 15.5.